The van der Waals surface area contributed by atoms with Crippen molar-refractivity contribution in [1.29, 1.82) is 0 Å². The molecule has 3 N–H and O–H groups in total. The van der Waals surface area contributed by atoms with Crippen LogP contribution in [0.5, 0.6) is 0 Å². The number of hydrogen-bond donors (Lipinski definition) is 3. The third-order valence-electron chi connectivity index (χ3n) is 6.58. The molecule has 35 heavy (non-hydrogen) atoms. The third-order valence-corrected chi connectivity index (χ3v) is 6.82. The van der Waals surface area contributed by atoms with Crippen LogP contribution in [-0.4, -0.2) is 36.2 Å². The molecule has 1 fully saturated rings. The normalized spacial score (nSPS) is 17.7. The van der Waals surface area contributed by atoms with E-state index in [9.17, 15) is 19.5 Å². The summed E-state index contributed by atoms with van der Waals surface area (Å²) in [6.07, 6.45) is 0.0688. The maximum atomic E-state index is 12.6. The Balaban J connectivity index is 1.12. The Morgan fingerprint density at radius 1 is 0.971 bits per heavy atom. The Hall–Kier alpha value is -3.84. The lowest BCUT2D eigenvalue weighted by Gasteiger charge is -2.14. The summed E-state index contributed by atoms with van der Waals surface area (Å²) >= 11 is 5.94. The molecule has 8 heteroatoms. The minimum atomic E-state index is -1.15. The zero-order valence-electron chi connectivity index (χ0n) is 18.7. The fourth-order valence-corrected chi connectivity index (χ4v) is 4.86. The molecule has 3 aromatic rings. The number of nitrogens with one attached hydrogen (secondary N) is 2. The molecule has 2 atom stereocenters. The average Bonchev–Trinajstić information content (AvgIpc) is 3.56. The number of carboxylic acid groups (broad SMARTS) is 1. The second-order valence-corrected chi connectivity index (χ2v) is 9.23. The van der Waals surface area contributed by atoms with Gasteiger partial charge in [-0.15, -0.1) is 0 Å². The Kier molecular flexibility index (Phi) is 6.17. The molecule has 2 aliphatic rings. The molecule has 0 unspecified atom stereocenters. The van der Waals surface area contributed by atoms with E-state index in [1.165, 1.54) is 18.2 Å². The number of halogens is 1. The maximum Gasteiger partial charge on any atom is 0.407 e. The van der Waals surface area contributed by atoms with Gasteiger partial charge in [0.05, 0.1) is 11.3 Å². The van der Waals surface area contributed by atoms with E-state index in [2.05, 4.69) is 34.9 Å². The molecule has 178 valence electrons. The van der Waals surface area contributed by atoms with Crippen molar-refractivity contribution in [3.63, 3.8) is 0 Å². The first-order chi connectivity index (χ1) is 16.9. The summed E-state index contributed by atoms with van der Waals surface area (Å²) in [5.74, 6) is -1.82. The van der Waals surface area contributed by atoms with E-state index in [1.54, 1.807) is 0 Å². The largest absolute Gasteiger partial charge is 0.478 e. The molecule has 0 heterocycles. The monoisotopic (exact) mass is 490 g/mol. The zero-order valence-corrected chi connectivity index (χ0v) is 19.4. The highest BCUT2D eigenvalue weighted by Gasteiger charge is 2.43. The SMILES string of the molecule is O=C(NC[C@@H]1C[C@@H]1C(=O)Nc1cc(Cl)ccc1C(=O)O)OCC1c2ccccc2-c2ccccc21. The lowest BCUT2D eigenvalue weighted by molar-refractivity contribution is -0.117. The summed E-state index contributed by atoms with van der Waals surface area (Å²) in [5, 5.41) is 15.0. The second-order valence-electron chi connectivity index (χ2n) is 8.79. The van der Waals surface area contributed by atoms with E-state index >= 15 is 0 Å². The molecule has 5 rings (SSSR count). The van der Waals surface area contributed by atoms with E-state index in [0.29, 0.717) is 18.0 Å². The summed E-state index contributed by atoms with van der Waals surface area (Å²) in [6.45, 7) is 0.525. The van der Waals surface area contributed by atoms with Crippen LogP contribution in [0.4, 0.5) is 10.5 Å². The van der Waals surface area contributed by atoms with E-state index in [0.717, 1.165) is 22.3 Å². The van der Waals surface area contributed by atoms with Crippen LogP contribution in [0, 0.1) is 11.8 Å². The summed E-state index contributed by atoms with van der Waals surface area (Å²) in [6, 6.07) is 20.5. The topological polar surface area (TPSA) is 105 Å². The van der Waals surface area contributed by atoms with Crippen LogP contribution >= 0.6 is 11.6 Å². The standard InChI is InChI=1S/C27H23ClN2O5/c28-16-9-10-21(26(32)33)24(12-16)30-25(31)22-11-15(22)13-29-27(34)35-14-23-19-7-3-1-5-17(19)18-6-2-4-8-20(18)23/h1-10,12,15,22-23H,11,13-14H2,(H,29,34)(H,30,31)(H,32,33)/t15-,22-/m0/s1. The quantitative estimate of drug-likeness (QED) is 0.424. The van der Waals surface area contributed by atoms with Crippen molar-refractivity contribution < 1.29 is 24.2 Å². The lowest BCUT2D eigenvalue weighted by Crippen LogP contribution is -2.29. The van der Waals surface area contributed by atoms with Crippen molar-refractivity contribution in [2.45, 2.75) is 12.3 Å². The first-order valence-corrected chi connectivity index (χ1v) is 11.7. The average molecular weight is 491 g/mol. The number of carbonyl (C=O) groups is 3. The lowest BCUT2D eigenvalue weighted by atomic mass is 9.98. The number of carboxylic acids is 1. The molecular weight excluding hydrogens is 468 g/mol. The van der Waals surface area contributed by atoms with E-state index in [-0.39, 0.29) is 41.5 Å². The van der Waals surface area contributed by atoms with Gasteiger partial charge in [0.15, 0.2) is 0 Å². The number of rotatable bonds is 7. The molecule has 0 aliphatic heterocycles. The number of ether oxygens (including phenoxy) is 1. The first kappa shape index (κ1) is 22.9. The number of benzene rings is 3. The molecule has 0 radical (unpaired) electrons. The summed E-state index contributed by atoms with van der Waals surface area (Å²) < 4.78 is 5.53. The molecule has 7 nitrogen and oxygen atoms in total. The van der Waals surface area contributed by atoms with Gasteiger partial charge >= 0.3 is 12.1 Å². The molecule has 0 aromatic heterocycles. The van der Waals surface area contributed by atoms with Crippen LogP contribution in [0.1, 0.15) is 33.8 Å². The molecule has 1 saturated carbocycles. The molecular formula is C27H23ClN2O5. The van der Waals surface area contributed by atoms with Crippen LogP contribution in [0.25, 0.3) is 11.1 Å². The number of amides is 2. The molecule has 0 spiro atoms. The second kappa shape index (κ2) is 9.43. The van der Waals surface area contributed by atoms with Gasteiger partial charge in [-0.3, -0.25) is 4.79 Å². The van der Waals surface area contributed by atoms with Gasteiger partial charge in [-0.2, -0.15) is 0 Å². The fourth-order valence-electron chi connectivity index (χ4n) is 4.69. The molecule has 2 aliphatic carbocycles. The van der Waals surface area contributed by atoms with Crippen LogP contribution in [0.15, 0.2) is 66.7 Å². The van der Waals surface area contributed by atoms with Gasteiger partial charge in [0.25, 0.3) is 0 Å². The minimum absolute atomic E-state index is 0.0197. The van der Waals surface area contributed by atoms with Gasteiger partial charge in [-0.05, 0) is 52.8 Å². The maximum absolute atomic E-state index is 12.6. The van der Waals surface area contributed by atoms with Gasteiger partial charge < -0.3 is 20.5 Å². The van der Waals surface area contributed by atoms with Crippen molar-refractivity contribution in [2.24, 2.45) is 11.8 Å². The van der Waals surface area contributed by atoms with E-state index in [4.69, 9.17) is 16.3 Å². The summed E-state index contributed by atoms with van der Waals surface area (Å²) in [5.41, 5.74) is 4.73. The van der Waals surface area contributed by atoms with E-state index < -0.39 is 12.1 Å². The minimum Gasteiger partial charge on any atom is -0.478 e. The Bertz CT molecular complexity index is 1280. The third kappa shape index (κ3) is 4.72. The van der Waals surface area contributed by atoms with Gasteiger partial charge in [-0.1, -0.05) is 60.1 Å². The van der Waals surface area contributed by atoms with Crippen molar-refractivity contribution in [3.8, 4) is 11.1 Å². The Morgan fingerprint density at radius 2 is 1.63 bits per heavy atom. The zero-order chi connectivity index (χ0) is 24.5. The van der Waals surface area contributed by atoms with Gasteiger partial charge in [0.2, 0.25) is 5.91 Å². The van der Waals surface area contributed by atoms with Crippen molar-refractivity contribution in [3.05, 3.63) is 88.4 Å². The number of carbonyl (C=O) groups excluding carboxylic acids is 2. The predicted molar refractivity (Wildman–Crippen MR) is 132 cm³/mol. The molecule has 0 bridgehead atoms. The van der Waals surface area contributed by atoms with Crippen LogP contribution in [0.3, 0.4) is 0 Å². The summed E-state index contributed by atoms with van der Waals surface area (Å²) in [4.78, 5) is 36.3. The van der Waals surface area contributed by atoms with Crippen molar-refractivity contribution in [2.75, 3.05) is 18.5 Å². The van der Waals surface area contributed by atoms with E-state index in [1.807, 2.05) is 24.3 Å². The highest BCUT2D eigenvalue weighted by atomic mass is 35.5. The molecule has 0 saturated heterocycles. The number of fused-ring (bicyclic) bond motifs is 3. The molecule has 2 amide bonds. The van der Waals surface area contributed by atoms with Gasteiger partial charge in [-0.25, -0.2) is 9.59 Å². The number of alkyl carbamates (subject to hydrolysis) is 1. The smallest absolute Gasteiger partial charge is 0.407 e. The fraction of sp³-hybridized carbons (Fsp3) is 0.222. The number of anilines is 1. The highest BCUT2D eigenvalue weighted by Crippen LogP contribution is 2.44. The number of aromatic carboxylic acids is 1. The van der Waals surface area contributed by atoms with Gasteiger partial charge in [0, 0.05) is 23.4 Å². The predicted octanol–water partition coefficient (Wildman–Crippen LogP) is 5.15. The first-order valence-electron chi connectivity index (χ1n) is 11.3. The van der Waals surface area contributed by atoms with Crippen LogP contribution in [0.2, 0.25) is 5.02 Å². The van der Waals surface area contributed by atoms with Crippen molar-refractivity contribution >= 4 is 35.3 Å². The van der Waals surface area contributed by atoms with Crippen molar-refractivity contribution in [1.82, 2.24) is 5.32 Å². The number of hydrogen-bond acceptors (Lipinski definition) is 4. The highest BCUT2D eigenvalue weighted by molar-refractivity contribution is 6.31. The Morgan fingerprint density at radius 3 is 2.29 bits per heavy atom. The summed E-state index contributed by atoms with van der Waals surface area (Å²) in [7, 11) is 0. The van der Waals surface area contributed by atoms with Crippen LogP contribution in [-0.2, 0) is 9.53 Å². The van der Waals surface area contributed by atoms with Crippen LogP contribution < -0.4 is 10.6 Å². The molecule has 3 aromatic carbocycles. The Labute approximate surface area is 207 Å². The van der Waals surface area contributed by atoms with Gasteiger partial charge in [0.1, 0.15) is 6.61 Å².